The van der Waals surface area contributed by atoms with Crippen molar-refractivity contribution in [3.05, 3.63) is 30.0 Å². The predicted molar refractivity (Wildman–Crippen MR) is 70.8 cm³/mol. The summed E-state index contributed by atoms with van der Waals surface area (Å²) in [6.45, 7) is 4.19. The number of nitrogens with one attached hydrogen (secondary N) is 1. The number of aromatic nitrogens is 2. The van der Waals surface area contributed by atoms with Crippen LogP contribution in [-0.2, 0) is 17.6 Å². The average molecular weight is 262 g/mol. The molecule has 2 rings (SSSR count). The van der Waals surface area contributed by atoms with Gasteiger partial charge in [-0.25, -0.2) is 4.98 Å². The van der Waals surface area contributed by atoms with Gasteiger partial charge in [-0.2, -0.15) is 0 Å². The van der Waals surface area contributed by atoms with Crippen molar-refractivity contribution < 1.29 is 14.3 Å². The van der Waals surface area contributed by atoms with Crippen LogP contribution in [0.1, 0.15) is 31.9 Å². The van der Waals surface area contributed by atoms with E-state index < -0.39 is 5.97 Å². The number of H-pyrrole nitrogens is 1. The molecule has 0 bridgehead atoms. The summed E-state index contributed by atoms with van der Waals surface area (Å²) in [4.78, 5) is 18.1. The lowest BCUT2D eigenvalue weighted by atomic mass is 10.1. The molecule has 0 saturated heterocycles. The van der Waals surface area contributed by atoms with Crippen molar-refractivity contribution in [3.63, 3.8) is 0 Å². The maximum atomic E-state index is 10.7. The fraction of sp³-hybridized carbons (Fsp3) is 0.429. The van der Waals surface area contributed by atoms with E-state index in [1.165, 1.54) is 0 Å². The number of aliphatic carboxylic acids is 1. The van der Waals surface area contributed by atoms with Crippen LogP contribution in [0.4, 0.5) is 0 Å². The molecule has 19 heavy (non-hydrogen) atoms. The molecule has 2 aromatic rings. The molecule has 0 unspecified atom stereocenters. The Hall–Kier alpha value is -2.04. The number of carboxylic acids is 1. The fourth-order valence-electron chi connectivity index (χ4n) is 1.92. The smallest absolute Gasteiger partial charge is 0.303 e. The van der Waals surface area contributed by atoms with Crippen molar-refractivity contribution in [2.45, 2.75) is 33.1 Å². The molecule has 0 saturated carbocycles. The third-order valence-electron chi connectivity index (χ3n) is 2.76. The van der Waals surface area contributed by atoms with E-state index in [0.717, 1.165) is 17.7 Å². The predicted octanol–water partition coefficient (Wildman–Crippen LogP) is 2.89. The molecular formula is C14H18N2O3. The van der Waals surface area contributed by atoms with Gasteiger partial charge in [0.15, 0.2) is 11.7 Å². The molecule has 5 nitrogen and oxygen atoms in total. The molecule has 0 fully saturated rings. The first-order valence-corrected chi connectivity index (χ1v) is 6.39. The van der Waals surface area contributed by atoms with Crippen molar-refractivity contribution >= 4 is 5.97 Å². The van der Waals surface area contributed by atoms with Gasteiger partial charge in [-0.05, 0) is 12.0 Å². The van der Waals surface area contributed by atoms with Crippen molar-refractivity contribution in [1.29, 1.82) is 0 Å². The van der Waals surface area contributed by atoms with Crippen LogP contribution in [0, 0.1) is 5.92 Å². The van der Waals surface area contributed by atoms with Gasteiger partial charge in [0.05, 0.1) is 12.1 Å². The first-order chi connectivity index (χ1) is 9.06. The van der Waals surface area contributed by atoms with Crippen LogP contribution in [-0.4, -0.2) is 21.0 Å². The van der Waals surface area contributed by atoms with E-state index in [1.807, 2.05) is 12.3 Å². The van der Waals surface area contributed by atoms with Crippen LogP contribution in [0.15, 0.2) is 22.9 Å². The van der Waals surface area contributed by atoms with E-state index in [1.54, 1.807) is 6.20 Å². The highest BCUT2D eigenvalue weighted by Gasteiger charge is 2.17. The largest absolute Gasteiger partial charge is 0.481 e. The topological polar surface area (TPSA) is 79.1 Å². The van der Waals surface area contributed by atoms with Crippen LogP contribution in [0.3, 0.4) is 0 Å². The maximum absolute atomic E-state index is 10.7. The second kappa shape index (κ2) is 5.73. The number of aromatic amines is 1. The van der Waals surface area contributed by atoms with Gasteiger partial charge in [0.2, 0.25) is 0 Å². The lowest BCUT2D eigenvalue weighted by Crippen LogP contribution is -1.99. The van der Waals surface area contributed by atoms with Crippen LogP contribution >= 0.6 is 0 Å². The zero-order valence-corrected chi connectivity index (χ0v) is 11.1. The van der Waals surface area contributed by atoms with E-state index in [9.17, 15) is 4.79 Å². The molecule has 0 radical (unpaired) electrons. The molecule has 2 N–H and O–H groups in total. The second-order valence-electron chi connectivity index (χ2n) is 4.97. The molecule has 0 amide bonds. The van der Waals surface area contributed by atoms with Crippen LogP contribution in [0.25, 0.3) is 11.3 Å². The van der Waals surface area contributed by atoms with Crippen molar-refractivity contribution in [2.24, 2.45) is 5.92 Å². The van der Waals surface area contributed by atoms with Gasteiger partial charge in [-0.1, -0.05) is 13.8 Å². The molecule has 0 aliphatic carbocycles. The molecule has 2 aromatic heterocycles. The normalized spacial score (nSPS) is 11.1. The first-order valence-electron chi connectivity index (χ1n) is 6.39. The number of carboxylic acid groups (broad SMARTS) is 1. The van der Waals surface area contributed by atoms with Crippen LogP contribution in [0.2, 0.25) is 0 Å². The summed E-state index contributed by atoms with van der Waals surface area (Å²) in [5.74, 6) is 0.975. The van der Waals surface area contributed by atoms with E-state index >= 15 is 0 Å². The Morgan fingerprint density at radius 2 is 2.32 bits per heavy atom. The van der Waals surface area contributed by atoms with Crippen molar-refractivity contribution in [1.82, 2.24) is 9.97 Å². The minimum absolute atomic E-state index is 0.0606. The molecule has 0 spiro atoms. The highest BCUT2D eigenvalue weighted by Crippen LogP contribution is 2.26. The van der Waals surface area contributed by atoms with Gasteiger partial charge in [0, 0.05) is 30.8 Å². The van der Waals surface area contributed by atoms with Gasteiger partial charge in [0.1, 0.15) is 0 Å². The van der Waals surface area contributed by atoms with Gasteiger partial charge in [0.25, 0.3) is 0 Å². The summed E-state index contributed by atoms with van der Waals surface area (Å²) in [6, 6.07) is 1.89. The van der Waals surface area contributed by atoms with Crippen molar-refractivity contribution in [2.75, 3.05) is 0 Å². The Balaban J connectivity index is 2.27. The van der Waals surface area contributed by atoms with Gasteiger partial charge in [-0.15, -0.1) is 0 Å². The molecule has 0 atom stereocenters. The number of nitrogens with zero attached hydrogens (tertiary/aromatic N) is 1. The Bertz CT molecular complexity index is 541. The minimum atomic E-state index is -0.826. The van der Waals surface area contributed by atoms with Gasteiger partial charge < -0.3 is 14.5 Å². The molecule has 0 aromatic carbocycles. The number of rotatable bonds is 6. The summed E-state index contributed by atoms with van der Waals surface area (Å²) in [5, 5.41) is 8.78. The zero-order chi connectivity index (χ0) is 13.8. The first kappa shape index (κ1) is 13.4. The fourth-order valence-corrected chi connectivity index (χ4v) is 1.92. The Morgan fingerprint density at radius 1 is 1.53 bits per heavy atom. The zero-order valence-electron chi connectivity index (χ0n) is 11.1. The molecule has 0 aliphatic rings. The third-order valence-corrected chi connectivity index (χ3v) is 2.76. The monoisotopic (exact) mass is 262 g/mol. The van der Waals surface area contributed by atoms with Crippen molar-refractivity contribution in [3.8, 4) is 11.3 Å². The number of hydrogen-bond donors (Lipinski definition) is 2. The maximum Gasteiger partial charge on any atom is 0.303 e. The Morgan fingerprint density at radius 3 is 2.89 bits per heavy atom. The second-order valence-corrected chi connectivity index (χ2v) is 4.97. The standard InChI is InChI=1S/C14H18N2O3/c1-9(2)7-12-16-11(3-4-13(17)18)14(19-12)10-5-6-15-8-10/h5-6,8-9,15H,3-4,7H2,1-2H3,(H,17,18). The van der Waals surface area contributed by atoms with E-state index in [2.05, 4.69) is 23.8 Å². The summed E-state index contributed by atoms with van der Waals surface area (Å²) < 4.78 is 5.78. The summed E-state index contributed by atoms with van der Waals surface area (Å²) in [6.07, 6.45) is 4.83. The summed E-state index contributed by atoms with van der Waals surface area (Å²) in [7, 11) is 0. The van der Waals surface area contributed by atoms with Gasteiger partial charge in [-0.3, -0.25) is 4.79 Å². The van der Waals surface area contributed by atoms with Crippen LogP contribution < -0.4 is 0 Å². The van der Waals surface area contributed by atoms with E-state index in [0.29, 0.717) is 24.0 Å². The lowest BCUT2D eigenvalue weighted by Gasteiger charge is -1.97. The molecule has 102 valence electrons. The number of aryl methyl sites for hydroxylation is 1. The van der Waals surface area contributed by atoms with E-state index in [-0.39, 0.29) is 6.42 Å². The third kappa shape index (κ3) is 3.47. The molecule has 5 heteroatoms. The minimum Gasteiger partial charge on any atom is -0.481 e. The lowest BCUT2D eigenvalue weighted by molar-refractivity contribution is -0.136. The molecular weight excluding hydrogens is 244 g/mol. The van der Waals surface area contributed by atoms with E-state index in [4.69, 9.17) is 9.52 Å². The quantitative estimate of drug-likeness (QED) is 0.839. The Kier molecular flexibility index (Phi) is 4.04. The average Bonchev–Trinajstić information content (AvgIpc) is 2.93. The van der Waals surface area contributed by atoms with Crippen LogP contribution in [0.5, 0.6) is 0 Å². The number of carbonyl (C=O) groups is 1. The highest BCUT2D eigenvalue weighted by atomic mass is 16.4. The number of oxazole rings is 1. The molecule has 0 aliphatic heterocycles. The number of hydrogen-bond acceptors (Lipinski definition) is 3. The SMILES string of the molecule is CC(C)Cc1nc(CCC(=O)O)c(-c2cc[nH]c2)o1. The Labute approximate surface area is 111 Å². The highest BCUT2D eigenvalue weighted by molar-refractivity contribution is 5.68. The van der Waals surface area contributed by atoms with Gasteiger partial charge >= 0.3 is 5.97 Å². The summed E-state index contributed by atoms with van der Waals surface area (Å²) in [5.41, 5.74) is 1.63. The summed E-state index contributed by atoms with van der Waals surface area (Å²) >= 11 is 0. The molecule has 2 heterocycles.